The molecular weight excluding hydrogens is 285 g/mol. The third-order valence-corrected chi connectivity index (χ3v) is 3.19. The number of rotatable bonds is 5. The van der Waals surface area contributed by atoms with Crippen molar-refractivity contribution in [3.8, 4) is 0 Å². The van der Waals surface area contributed by atoms with Gasteiger partial charge in [0.2, 0.25) is 0 Å². The molecule has 0 spiro atoms. The van der Waals surface area contributed by atoms with E-state index in [0.717, 1.165) is 17.9 Å². The Morgan fingerprint density at radius 2 is 2.21 bits per heavy atom. The summed E-state index contributed by atoms with van der Waals surface area (Å²) < 4.78 is 1.68. The summed E-state index contributed by atoms with van der Waals surface area (Å²) in [7, 11) is 1.84. The molecule has 2 heterocycles. The van der Waals surface area contributed by atoms with Gasteiger partial charge in [-0.15, -0.1) is 5.10 Å². The monoisotopic (exact) mass is 299 g/mol. The van der Waals surface area contributed by atoms with Crippen LogP contribution in [0.15, 0.2) is 18.5 Å². The van der Waals surface area contributed by atoms with Crippen molar-refractivity contribution in [2.24, 2.45) is 7.05 Å². The summed E-state index contributed by atoms with van der Waals surface area (Å²) in [4.78, 5) is 4.32. The van der Waals surface area contributed by atoms with Crippen molar-refractivity contribution in [2.75, 3.05) is 6.54 Å². The van der Waals surface area contributed by atoms with Crippen LogP contribution in [0.4, 0.5) is 0 Å². The number of pyridine rings is 1. The van der Waals surface area contributed by atoms with Crippen LogP contribution in [0, 0.1) is 0 Å². The highest BCUT2D eigenvalue weighted by Gasteiger charge is 2.17. The van der Waals surface area contributed by atoms with Crippen LogP contribution >= 0.6 is 23.2 Å². The molecule has 2 aromatic rings. The van der Waals surface area contributed by atoms with Crippen molar-refractivity contribution in [3.63, 3.8) is 0 Å². The summed E-state index contributed by atoms with van der Waals surface area (Å²) >= 11 is 12.1. The first-order chi connectivity index (χ1) is 9.10. The number of nitrogens with one attached hydrogen (secondary N) is 1. The van der Waals surface area contributed by atoms with Gasteiger partial charge in [0.05, 0.1) is 27.5 Å². The van der Waals surface area contributed by atoms with E-state index in [1.165, 1.54) is 0 Å². The van der Waals surface area contributed by atoms with E-state index in [1.807, 2.05) is 20.2 Å². The second kappa shape index (κ2) is 6.32. The zero-order chi connectivity index (χ0) is 13.8. The van der Waals surface area contributed by atoms with E-state index >= 15 is 0 Å². The van der Waals surface area contributed by atoms with E-state index in [9.17, 15) is 0 Å². The molecule has 2 rings (SSSR count). The molecule has 1 N–H and O–H groups in total. The zero-order valence-electron chi connectivity index (χ0n) is 10.8. The Bertz CT molecular complexity index is 555. The Morgan fingerprint density at radius 1 is 1.42 bits per heavy atom. The van der Waals surface area contributed by atoms with E-state index in [0.29, 0.717) is 16.5 Å². The van der Waals surface area contributed by atoms with Gasteiger partial charge in [0.15, 0.2) is 0 Å². The number of nitrogens with zero attached hydrogens (tertiary/aromatic N) is 4. The molecule has 19 heavy (non-hydrogen) atoms. The Hall–Kier alpha value is -1.17. The highest BCUT2D eigenvalue weighted by Crippen LogP contribution is 2.25. The van der Waals surface area contributed by atoms with Gasteiger partial charge in [-0.1, -0.05) is 35.3 Å². The molecule has 0 radical (unpaired) electrons. The Morgan fingerprint density at radius 3 is 2.79 bits per heavy atom. The smallest absolute Gasteiger partial charge is 0.0846 e. The molecule has 0 saturated carbocycles. The largest absolute Gasteiger partial charge is 0.309 e. The Balaban J connectivity index is 2.23. The van der Waals surface area contributed by atoms with Crippen LogP contribution in [0.25, 0.3) is 0 Å². The van der Waals surface area contributed by atoms with E-state index in [2.05, 4.69) is 20.6 Å². The topological polar surface area (TPSA) is 55.6 Å². The number of likely N-dealkylation sites (N-methyl/N-ethyl adjacent to an activating group) is 1. The minimum Gasteiger partial charge on any atom is -0.309 e. The fourth-order valence-electron chi connectivity index (χ4n) is 1.89. The first kappa shape index (κ1) is 14.2. The number of halogens is 2. The molecule has 0 aliphatic heterocycles. The zero-order valence-corrected chi connectivity index (χ0v) is 12.3. The molecule has 7 heteroatoms. The van der Waals surface area contributed by atoms with Gasteiger partial charge in [-0.25, -0.2) is 0 Å². The standard InChI is InChI=1S/C12H15Cl2N5/c1-3-15-11(5-9-7-19(2)18-17-9)12-10(14)4-8(13)6-16-12/h4,6-7,11,15H,3,5H2,1-2H3. The first-order valence-corrected chi connectivity index (χ1v) is 6.75. The molecule has 0 aliphatic rings. The maximum Gasteiger partial charge on any atom is 0.0846 e. The molecule has 0 saturated heterocycles. The SMILES string of the molecule is CCNC(Cc1cn(C)nn1)c1ncc(Cl)cc1Cl. The van der Waals surface area contributed by atoms with E-state index in [-0.39, 0.29) is 6.04 Å². The number of hydrogen-bond acceptors (Lipinski definition) is 4. The van der Waals surface area contributed by atoms with Crippen LogP contribution in [0.2, 0.25) is 10.0 Å². The molecule has 0 fully saturated rings. The molecular formula is C12H15Cl2N5. The van der Waals surface area contributed by atoms with Gasteiger partial charge in [0.25, 0.3) is 0 Å². The predicted octanol–water partition coefficient (Wildman–Crippen LogP) is 2.41. The van der Waals surface area contributed by atoms with E-state index in [1.54, 1.807) is 16.9 Å². The summed E-state index contributed by atoms with van der Waals surface area (Å²) in [6.07, 6.45) is 4.16. The quantitative estimate of drug-likeness (QED) is 0.921. The van der Waals surface area contributed by atoms with Gasteiger partial charge in [-0.3, -0.25) is 9.67 Å². The maximum absolute atomic E-state index is 6.20. The lowest BCUT2D eigenvalue weighted by Crippen LogP contribution is -2.24. The first-order valence-electron chi connectivity index (χ1n) is 5.99. The van der Waals surface area contributed by atoms with Crippen LogP contribution in [-0.2, 0) is 13.5 Å². The van der Waals surface area contributed by atoms with Crippen LogP contribution in [0.5, 0.6) is 0 Å². The predicted molar refractivity (Wildman–Crippen MR) is 75.4 cm³/mol. The molecule has 2 aromatic heterocycles. The van der Waals surface area contributed by atoms with Crippen molar-refractivity contribution in [1.29, 1.82) is 0 Å². The second-order valence-corrected chi connectivity index (χ2v) is 5.06. The molecule has 1 atom stereocenters. The van der Waals surface area contributed by atoms with Crippen molar-refractivity contribution in [2.45, 2.75) is 19.4 Å². The van der Waals surface area contributed by atoms with Gasteiger partial charge in [0.1, 0.15) is 0 Å². The highest BCUT2D eigenvalue weighted by molar-refractivity contribution is 6.34. The molecule has 0 bridgehead atoms. The van der Waals surface area contributed by atoms with Crippen molar-refractivity contribution < 1.29 is 0 Å². The highest BCUT2D eigenvalue weighted by atomic mass is 35.5. The Kier molecular flexibility index (Phi) is 4.74. The minimum atomic E-state index is -0.00790. The lowest BCUT2D eigenvalue weighted by molar-refractivity contribution is 0.531. The van der Waals surface area contributed by atoms with Gasteiger partial charge in [-0.05, 0) is 12.6 Å². The lowest BCUT2D eigenvalue weighted by atomic mass is 10.1. The van der Waals surface area contributed by atoms with Crippen LogP contribution < -0.4 is 5.32 Å². The molecule has 5 nitrogen and oxygen atoms in total. The minimum absolute atomic E-state index is 0.00790. The second-order valence-electron chi connectivity index (χ2n) is 4.22. The Labute approximate surface area is 121 Å². The van der Waals surface area contributed by atoms with Gasteiger partial charge in [0, 0.05) is 25.9 Å². The molecule has 0 aliphatic carbocycles. The number of aromatic nitrogens is 4. The third-order valence-electron chi connectivity index (χ3n) is 2.68. The fraction of sp³-hybridized carbons (Fsp3) is 0.417. The van der Waals surface area contributed by atoms with E-state index < -0.39 is 0 Å². The van der Waals surface area contributed by atoms with Crippen molar-refractivity contribution in [3.05, 3.63) is 39.9 Å². The third kappa shape index (κ3) is 3.65. The van der Waals surface area contributed by atoms with Gasteiger partial charge in [-0.2, -0.15) is 0 Å². The van der Waals surface area contributed by atoms with Crippen molar-refractivity contribution in [1.82, 2.24) is 25.3 Å². The van der Waals surface area contributed by atoms with Gasteiger partial charge < -0.3 is 5.32 Å². The van der Waals surface area contributed by atoms with Crippen LogP contribution in [0.3, 0.4) is 0 Å². The normalized spacial score (nSPS) is 12.6. The number of aryl methyl sites for hydroxylation is 1. The van der Waals surface area contributed by atoms with Crippen LogP contribution in [-0.4, -0.2) is 26.5 Å². The summed E-state index contributed by atoms with van der Waals surface area (Å²) in [5, 5.41) is 12.4. The van der Waals surface area contributed by atoms with Crippen LogP contribution in [0.1, 0.15) is 24.4 Å². The summed E-state index contributed by atoms with van der Waals surface area (Å²) in [5.41, 5.74) is 1.67. The lowest BCUT2D eigenvalue weighted by Gasteiger charge is -2.17. The maximum atomic E-state index is 6.20. The fourth-order valence-corrected chi connectivity index (χ4v) is 2.40. The molecule has 102 valence electrons. The molecule has 0 amide bonds. The number of hydrogen-bond donors (Lipinski definition) is 1. The molecule has 0 aromatic carbocycles. The summed E-state index contributed by atoms with van der Waals surface area (Å²) in [6, 6.07) is 1.69. The van der Waals surface area contributed by atoms with Crippen molar-refractivity contribution >= 4 is 23.2 Å². The summed E-state index contributed by atoms with van der Waals surface area (Å²) in [6.45, 7) is 2.85. The summed E-state index contributed by atoms with van der Waals surface area (Å²) in [5.74, 6) is 0. The average molecular weight is 300 g/mol. The average Bonchev–Trinajstić information content (AvgIpc) is 2.74. The van der Waals surface area contributed by atoms with Gasteiger partial charge >= 0.3 is 0 Å². The molecule has 1 unspecified atom stereocenters. The van der Waals surface area contributed by atoms with E-state index in [4.69, 9.17) is 23.2 Å².